The molecule has 1 aliphatic rings. The molecule has 1 fully saturated rings. The molecule has 1 aliphatic heterocycles. The van der Waals surface area contributed by atoms with Crippen molar-refractivity contribution in [2.75, 3.05) is 26.2 Å². The molecule has 114 valence electrons. The third-order valence-corrected chi connectivity index (χ3v) is 3.90. The summed E-state index contributed by atoms with van der Waals surface area (Å²) in [7, 11) is 0. The van der Waals surface area contributed by atoms with E-state index >= 15 is 0 Å². The molecule has 21 heavy (non-hydrogen) atoms. The molecule has 0 amide bonds. The first kappa shape index (κ1) is 15.8. The summed E-state index contributed by atoms with van der Waals surface area (Å²) in [6, 6.07) is 5.78. The Bertz CT molecular complexity index is 490. The quantitative estimate of drug-likeness (QED) is 0.566. The summed E-state index contributed by atoms with van der Waals surface area (Å²) in [4.78, 5) is 14.9. The molecule has 0 N–H and O–H groups in total. The van der Waals surface area contributed by atoms with E-state index in [0.29, 0.717) is 24.3 Å². The van der Waals surface area contributed by atoms with Gasteiger partial charge in [0, 0.05) is 13.0 Å². The minimum Gasteiger partial charge on any atom is -0.489 e. The number of hydrogen-bond donors (Lipinski definition) is 0. The van der Waals surface area contributed by atoms with Crippen molar-refractivity contribution < 1.29 is 9.53 Å². The standard InChI is InChI=1S/C18H25NO2/c1-3-13-21-18-8-7-15(2)14-16(18)17(20)9-12-19-10-5-4-6-11-19/h3,7-8,14H,1,4-6,9-13H2,2H3. The van der Waals surface area contributed by atoms with Gasteiger partial charge in [-0.2, -0.15) is 0 Å². The Labute approximate surface area is 127 Å². The first-order chi connectivity index (χ1) is 10.2. The summed E-state index contributed by atoms with van der Waals surface area (Å²) in [5.74, 6) is 0.840. The van der Waals surface area contributed by atoms with Gasteiger partial charge in [-0.3, -0.25) is 4.79 Å². The number of hydrogen-bond acceptors (Lipinski definition) is 3. The maximum absolute atomic E-state index is 12.5. The van der Waals surface area contributed by atoms with E-state index in [1.165, 1.54) is 19.3 Å². The number of ether oxygens (including phenoxy) is 1. The van der Waals surface area contributed by atoms with Gasteiger partial charge in [-0.1, -0.05) is 30.7 Å². The number of nitrogens with zero attached hydrogens (tertiary/aromatic N) is 1. The smallest absolute Gasteiger partial charge is 0.167 e. The molecule has 0 bridgehead atoms. The molecule has 3 nitrogen and oxygen atoms in total. The van der Waals surface area contributed by atoms with Gasteiger partial charge in [0.15, 0.2) is 5.78 Å². The SMILES string of the molecule is C=CCOc1ccc(C)cc1C(=O)CCN1CCCCC1. The fourth-order valence-corrected chi connectivity index (χ4v) is 2.71. The van der Waals surface area contributed by atoms with E-state index in [-0.39, 0.29) is 5.78 Å². The molecule has 1 saturated heterocycles. The van der Waals surface area contributed by atoms with Crippen molar-refractivity contribution >= 4 is 5.78 Å². The summed E-state index contributed by atoms with van der Waals surface area (Å²) >= 11 is 0. The molecule has 3 heteroatoms. The Kier molecular flexibility index (Phi) is 6.00. The first-order valence-electron chi connectivity index (χ1n) is 7.80. The fourth-order valence-electron chi connectivity index (χ4n) is 2.71. The van der Waals surface area contributed by atoms with Crippen LogP contribution in [-0.2, 0) is 0 Å². The highest BCUT2D eigenvalue weighted by Gasteiger charge is 2.16. The normalized spacial score (nSPS) is 15.7. The van der Waals surface area contributed by atoms with Crippen molar-refractivity contribution in [3.63, 3.8) is 0 Å². The highest BCUT2D eigenvalue weighted by atomic mass is 16.5. The van der Waals surface area contributed by atoms with Crippen LogP contribution in [0.15, 0.2) is 30.9 Å². The summed E-state index contributed by atoms with van der Waals surface area (Å²) in [6.07, 6.45) is 6.09. The number of ketones is 1. The van der Waals surface area contributed by atoms with Crippen LogP contribution in [0.2, 0.25) is 0 Å². The zero-order valence-corrected chi connectivity index (χ0v) is 12.9. The van der Waals surface area contributed by atoms with Crippen molar-refractivity contribution in [3.05, 3.63) is 42.0 Å². The molecule has 0 spiro atoms. The third kappa shape index (κ3) is 4.71. The third-order valence-electron chi connectivity index (χ3n) is 3.90. The van der Waals surface area contributed by atoms with Gasteiger partial charge in [0.1, 0.15) is 12.4 Å². The Morgan fingerprint density at radius 1 is 1.33 bits per heavy atom. The van der Waals surface area contributed by atoms with E-state index in [9.17, 15) is 4.79 Å². The second-order valence-electron chi connectivity index (χ2n) is 5.67. The van der Waals surface area contributed by atoms with Gasteiger partial charge >= 0.3 is 0 Å². The molecule has 1 aromatic carbocycles. The highest BCUT2D eigenvalue weighted by molar-refractivity contribution is 5.99. The Morgan fingerprint density at radius 3 is 2.81 bits per heavy atom. The van der Waals surface area contributed by atoms with Crippen LogP contribution in [0.5, 0.6) is 5.75 Å². The van der Waals surface area contributed by atoms with E-state index in [4.69, 9.17) is 4.74 Å². The summed E-state index contributed by atoms with van der Waals surface area (Å²) in [5.41, 5.74) is 1.79. The molecular weight excluding hydrogens is 262 g/mol. The van der Waals surface area contributed by atoms with Crippen molar-refractivity contribution in [2.45, 2.75) is 32.6 Å². The predicted octanol–water partition coefficient (Wildman–Crippen LogP) is 3.62. The molecule has 1 aromatic rings. The minimum absolute atomic E-state index is 0.170. The lowest BCUT2D eigenvalue weighted by atomic mass is 10.0. The van der Waals surface area contributed by atoms with Gasteiger partial charge in [0.05, 0.1) is 5.56 Å². The van der Waals surface area contributed by atoms with Crippen molar-refractivity contribution in [2.24, 2.45) is 0 Å². The molecular formula is C18H25NO2. The van der Waals surface area contributed by atoms with E-state index < -0.39 is 0 Å². The number of aryl methyl sites for hydroxylation is 1. The number of piperidine rings is 1. The topological polar surface area (TPSA) is 29.5 Å². The Hall–Kier alpha value is -1.61. The Morgan fingerprint density at radius 2 is 2.10 bits per heavy atom. The highest BCUT2D eigenvalue weighted by Crippen LogP contribution is 2.22. The van der Waals surface area contributed by atoms with Crippen LogP contribution in [0.3, 0.4) is 0 Å². The largest absolute Gasteiger partial charge is 0.489 e. The zero-order chi connectivity index (χ0) is 15.1. The molecule has 0 saturated carbocycles. The van der Waals surface area contributed by atoms with Gasteiger partial charge < -0.3 is 9.64 Å². The van der Waals surface area contributed by atoms with Crippen molar-refractivity contribution in [1.29, 1.82) is 0 Å². The molecule has 2 rings (SSSR count). The average Bonchev–Trinajstić information content (AvgIpc) is 2.52. The lowest BCUT2D eigenvalue weighted by Crippen LogP contribution is -2.31. The van der Waals surface area contributed by atoms with Gasteiger partial charge in [0.2, 0.25) is 0 Å². The maximum atomic E-state index is 12.5. The van der Waals surface area contributed by atoms with Crippen LogP contribution in [0.25, 0.3) is 0 Å². The number of carbonyl (C=O) groups is 1. The number of carbonyl (C=O) groups excluding carboxylic acids is 1. The number of likely N-dealkylation sites (tertiary alicyclic amines) is 1. The minimum atomic E-state index is 0.170. The van der Waals surface area contributed by atoms with Crippen LogP contribution in [0, 0.1) is 6.92 Å². The molecule has 0 atom stereocenters. The maximum Gasteiger partial charge on any atom is 0.167 e. The average molecular weight is 287 g/mol. The first-order valence-corrected chi connectivity index (χ1v) is 7.80. The van der Waals surface area contributed by atoms with E-state index in [1.807, 2.05) is 25.1 Å². The molecule has 0 aromatic heterocycles. The van der Waals surface area contributed by atoms with Crippen LogP contribution in [0.1, 0.15) is 41.6 Å². The van der Waals surface area contributed by atoms with Crippen LogP contribution < -0.4 is 4.74 Å². The summed E-state index contributed by atoms with van der Waals surface area (Å²) in [6.45, 7) is 9.18. The van der Waals surface area contributed by atoms with Crippen molar-refractivity contribution in [3.8, 4) is 5.75 Å². The Balaban J connectivity index is 1.99. The van der Waals surface area contributed by atoms with E-state index in [1.54, 1.807) is 6.08 Å². The van der Waals surface area contributed by atoms with E-state index in [2.05, 4.69) is 11.5 Å². The summed E-state index contributed by atoms with van der Waals surface area (Å²) in [5, 5.41) is 0. The second-order valence-corrected chi connectivity index (χ2v) is 5.67. The number of benzene rings is 1. The zero-order valence-electron chi connectivity index (χ0n) is 12.9. The van der Waals surface area contributed by atoms with Crippen LogP contribution in [0.4, 0.5) is 0 Å². The van der Waals surface area contributed by atoms with Crippen LogP contribution in [-0.4, -0.2) is 36.9 Å². The lowest BCUT2D eigenvalue weighted by molar-refractivity contribution is 0.0955. The van der Waals surface area contributed by atoms with Gasteiger partial charge in [0.25, 0.3) is 0 Å². The lowest BCUT2D eigenvalue weighted by Gasteiger charge is -2.26. The molecule has 1 heterocycles. The van der Waals surface area contributed by atoms with E-state index in [0.717, 1.165) is 25.2 Å². The molecule has 0 unspecified atom stereocenters. The fraction of sp³-hybridized carbons (Fsp3) is 0.500. The van der Waals surface area contributed by atoms with Gasteiger partial charge in [-0.05, 0) is 45.0 Å². The number of rotatable bonds is 7. The van der Waals surface area contributed by atoms with Crippen LogP contribution >= 0.6 is 0 Å². The number of Topliss-reactive ketones (excluding diaryl/α,β-unsaturated/α-hetero) is 1. The van der Waals surface area contributed by atoms with Gasteiger partial charge in [-0.15, -0.1) is 0 Å². The molecule has 0 aliphatic carbocycles. The summed E-state index contributed by atoms with van der Waals surface area (Å²) < 4.78 is 5.60. The molecule has 0 radical (unpaired) electrons. The van der Waals surface area contributed by atoms with Crippen molar-refractivity contribution in [1.82, 2.24) is 4.90 Å². The predicted molar refractivity (Wildman–Crippen MR) is 86.1 cm³/mol. The monoisotopic (exact) mass is 287 g/mol. The second kappa shape index (κ2) is 7.99. The van der Waals surface area contributed by atoms with Gasteiger partial charge in [-0.25, -0.2) is 0 Å².